The van der Waals surface area contributed by atoms with Crippen LogP contribution in [-0.4, -0.2) is 44.5 Å². The fraction of sp³-hybridized carbons (Fsp3) is 0.562. The minimum atomic E-state index is 0.0813. The standard InChI is InChI=1S/C16H26ClN3O/c1-5-10-20(12-15(21)19(3)4)16-13(11-18-6-2)8-7-9-14(16)17/h7-9,18H,5-6,10-12H2,1-4H3. The van der Waals surface area contributed by atoms with Crippen LogP contribution in [0.15, 0.2) is 18.2 Å². The molecule has 0 aliphatic heterocycles. The van der Waals surface area contributed by atoms with E-state index in [9.17, 15) is 4.79 Å². The van der Waals surface area contributed by atoms with E-state index in [1.807, 2.05) is 12.1 Å². The summed E-state index contributed by atoms with van der Waals surface area (Å²) in [5.41, 5.74) is 2.10. The van der Waals surface area contributed by atoms with Crippen LogP contribution in [0.4, 0.5) is 5.69 Å². The van der Waals surface area contributed by atoms with Crippen molar-refractivity contribution in [2.75, 3.05) is 38.6 Å². The summed E-state index contributed by atoms with van der Waals surface area (Å²) in [6.07, 6.45) is 0.965. The number of amides is 1. The Hall–Kier alpha value is -1.26. The third-order valence-corrected chi connectivity index (χ3v) is 3.58. The summed E-state index contributed by atoms with van der Waals surface area (Å²) in [5, 5.41) is 4.02. The van der Waals surface area contributed by atoms with E-state index >= 15 is 0 Å². The number of carbonyl (C=O) groups is 1. The first-order chi connectivity index (χ1) is 10.0. The Labute approximate surface area is 133 Å². The molecule has 0 aliphatic rings. The van der Waals surface area contributed by atoms with Gasteiger partial charge in [-0.1, -0.05) is 37.6 Å². The Morgan fingerprint density at radius 3 is 2.57 bits per heavy atom. The number of likely N-dealkylation sites (N-methyl/N-ethyl adjacent to an activating group) is 1. The average molecular weight is 312 g/mol. The number of hydrogen-bond donors (Lipinski definition) is 1. The van der Waals surface area contributed by atoms with Gasteiger partial charge < -0.3 is 15.1 Å². The summed E-state index contributed by atoms with van der Waals surface area (Å²) in [5.74, 6) is 0.0813. The van der Waals surface area contributed by atoms with Crippen molar-refractivity contribution in [1.82, 2.24) is 10.2 Å². The molecular formula is C16H26ClN3O. The van der Waals surface area contributed by atoms with Crippen LogP contribution in [0.25, 0.3) is 0 Å². The summed E-state index contributed by atoms with van der Waals surface area (Å²) in [6, 6.07) is 5.90. The van der Waals surface area contributed by atoms with Gasteiger partial charge in [-0.25, -0.2) is 0 Å². The molecule has 0 bridgehead atoms. The van der Waals surface area contributed by atoms with Crippen molar-refractivity contribution < 1.29 is 4.79 Å². The van der Waals surface area contributed by atoms with Crippen LogP contribution in [-0.2, 0) is 11.3 Å². The number of halogens is 1. The Kier molecular flexibility index (Phi) is 7.54. The first-order valence-corrected chi connectivity index (χ1v) is 7.82. The molecule has 5 heteroatoms. The molecule has 0 saturated heterocycles. The Morgan fingerprint density at radius 1 is 1.29 bits per heavy atom. The van der Waals surface area contributed by atoms with E-state index < -0.39 is 0 Å². The number of anilines is 1. The second-order valence-electron chi connectivity index (χ2n) is 5.24. The molecule has 0 spiro atoms. The number of nitrogens with zero attached hydrogens (tertiary/aromatic N) is 2. The van der Waals surface area contributed by atoms with Crippen LogP contribution in [0.3, 0.4) is 0 Å². The molecule has 4 nitrogen and oxygen atoms in total. The highest BCUT2D eigenvalue weighted by molar-refractivity contribution is 6.33. The van der Waals surface area contributed by atoms with E-state index in [2.05, 4.69) is 30.1 Å². The van der Waals surface area contributed by atoms with Crippen LogP contribution in [0.2, 0.25) is 5.02 Å². The first-order valence-electron chi connectivity index (χ1n) is 7.44. The molecule has 118 valence electrons. The third kappa shape index (κ3) is 5.21. The third-order valence-electron chi connectivity index (χ3n) is 3.27. The maximum atomic E-state index is 12.1. The van der Waals surface area contributed by atoms with Gasteiger partial charge in [0.05, 0.1) is 17.3 Å². The van der Waals surface area contributed by atoms with Gasteiger partial charge in [0.15, 0.2) is 0 Å². The SMILES string of the molecule is CCCN(CC(=O)N(C)C)c1c(Cl)cccc1CNCC. The van der Waals surface area contributed by atoms with E-state index in [0.29, 0.717) is 11.6 Å². The van der Waals surface area contributed by atoms with Crippen molar-refractivity contribution in [2.24, 2.45) is 0 Å². The lowest BCUT2D eigenvalue weighted by Gasteiger charge is -2.28. The maximum Gasteiger partial charge on any atom is 0.241 e. The summed E-state index contributed by atoms with van der Waals surface area (Å²) < 4.78 is 0. The Morgan fingerprint density at radius 2 is 2.00 bits per heavy atom. The first kappa shape index (κ1) is 17.8. The summed E-state index contributed by atoms with van der Waals surface area (Å²) in [4.78, 5) is 15.8. The van der Waals surface area contributed by atoms with Gasteiger partial charge in [0.2, 0.25) is 5.91 Å². The maximum absolute atomic E-state index is 12.1. The molecule has 0 saturated carbocycles. The van der Waals surface area contributed by atoms with Crippen molar-refractivity contribution in [3.63, 3.8) is 0 Å². The molecule has 0 radical (unpaired) electrons. The van der Waals surface area contributed by atoms with Crippen LogP contribution < -0.4 is 10.2 Å². The molecule has 1 N–H and O–H groups in total. The quantitative estimate of drug-likeness (QED) is 0.802. The van der Waals surface area contributed by atoms with Crippen molar-refractivity contribution in [2.45, 2.75) is 26.8 Å². The second-order valence-corrected chi connectivity index (χ2v) is 5.64. The van der Waals surface area contributed by atoms with E-state index in [4.69, 9.17) is 11.6 Å². The number of nitrogens with one attached hydrogen (secondary N) is 1. The molecule has 21 heavy (non-hydrogen) atoms. The van der Waals surface area contributed by atoms with Crippen molar-refractivity contribution in [1.29, 1.82) is 0 Å². The molecule has 1 amide bonds. The van der Waals surface area contributed by atoms with Crippen LogP contribution >= 0.6 is 11.6 Å². The minimum Gasteiger partial charge on any atom is -0.361 e. The fourth-order valence-corrected chi connectivity index (χ4v) is 2.47. The molecule has 0 aliphatic carbocycles. The predicted octanol–water partition coefficient (Wildman–Crippen LogP) is 2.75. The molecule has 0 fully saturated rings. The zero-order valence-electron chi connectivity index (χ0n) is 13.4. The smallest absolute Gasteiger partial charge is 0.241 e. The van der Waals surface area contributed by atoms with Crippen LogP contribution in [0.1, 0.15) is 25.8 Å². The van der Waals surface area contributed by atoms with Gasteiger partial charge >= 0.3 is 0 Å². The van der Waals surface area contributed by atoms with Crippen LogP contribution in [0.5, 0.6) is 0 Å². The fourth-order valence-electron chi connectivity index (χ4n) is 2.16. The number of rotatable bonds is 8. The Bertz CT molecular complexity index is 463. The highest BCUT2D eigenvalue weighted by Gasteiger charge is 2.18. The number of benzene rings is 1. The molecule has 1 aromatic rings. The number of carbonyl (C=O) groups excluding carboxylic acids is 1. The van der Waals surface area contributed by atoms with Crippen molar-refractivity contribution in [3.8, 4) is 0 Å². The summed E-state index contributed by atoms with van der Waals surface area (Å²) >= 11 is 6.41. The van der Waals surface area contributed by atoms with Gasteiger partial charge in [-0.2, -0.15) is 0 Å². The zero-order chi connectivity index (χ0) is 15.8. The lowest BCUT2D eigenvalue weighted by atomic mass is 10.1. The normalized spacial score (nSPS) is 10.5. The molecule has 0 atom stereocenters. The highest BCUT2D eigenvalue weighted by atomic mass is 35.5. The van der Waals surface area contributed by atoms with Crippen molar-refractivity contribution in [3.05, 3.63) is 28.8 Å². The molecule has 1 aromatic carbocycles. The van der Waals surface area contributed by atoms with E-state index in [1.54, 1.807) is 19.0 Å². The molecule has 1 rings (SSSR count). The largest absolute Gasteiger partial charge is 0.361 e. The second kappa shape index (κ2) is 8.90. The number of para-hydroxylation sites is 1. The predicted molar refractivity (Wildman–Crippen MR) is 90.0 cm³/mol. The van der Waals surface area contributed by atoms with Gasteiger partial charge in [0, 0.05) is 27.2 Å². The van der Waals surface area contributed by atoms with Gasteiger partial charge in [0.25, 0.3) is 0 Å². The lowest BCUT2D eigenvalue weighted by molar-refractivity contribution is -0.127. The topological polar surface area (TPSA) is 35.6 Å². The monoisotopic (exact) mass is 311 g/mol. The van der Waals surface area contributed by atoms with E-state index in [1.165, 1.54) is 0 Å². The van der Waals surface area contributed by atoms with Crippen molar-refractivity contribution >= 4 is 23.2 Å². The molecule has 0 aromatic heterocycles. The molecular weight excluding hydrogens is 286 g/mol. The molecule has 0 unspecified atom stereocenters. The highest BCUT2D eigenvalue weighted by Crippen LogP contribution is 2.30. The Balaban J connectivity index is 3.08. The summed E-state index contributed by atoms with van der Waals surface area (Å²) in [7, 11) is 3.55. The van der Waals surface area contributed by atoms with E-state index in [-0.39, 0.29) is 5.91 Å². The summed E-state index contributed by atoms with van der Waals surface area (Å²) in [6.45, 7) is 6.99. The van der Waals surface area contributed by atoms with Gasteiger partial charge in [-0.15, -0.1) is 0 Å². The lowest BCUT2D eigenvalue weighted by Crippen LogP contribution is -2.38. The van der Waals surface area contributed by atoms with Gasteiger partial charge in [0.1, 0.15) is 0 Å². The van der Waals surface area contributed by atoms with Gasteiger partial charge in [-0.3, -0.25) is 4.79 Å². The van der Waals surface area contributed by atoms with Gasteiger partial charge in [-0.05, 0) is 24.6 Å². The number of hydrogen-bond acceptors (Lipinski definition) is 3. The minimum absolute atomic E-state index is 0.0813. The zero-order valence-corrected chi connectivity index (χ0v) is 14.2. The average Bonchev–Trinajstić information content (AvgIpc) is 2.44. The van der Waals surface area contributed by atoms with Crippen LogP contribution in [0, 0.1) is 0 Å². The molecule has 0 heterocycles. The van der Waals surface area contributed by atoms with E-state index in [0.717, 1.165) is 37.3 Å².